The van der Waals surface area contributed by atoms with Crippen LogP contribution in [0.25, 0.3) is 10.9 Å². The number of rotatable bonds is 10. The minimum atomic E-state index is 0.392. The molecule has 0 aliphatic heterocycles. The predicted molar refractivity (Wildman–Crippen MR) is 123 cm³/mol. The van der Waals surface area contributed by atoms with Gasteiger partial charge in [-0.2, -0.15) is 0 Å². The second kappa shape index (κ2) is 13.1. The van der Waals surface area contributed by atoms with E-state index in [0.29, 0.717) is 43.7 Å². The Morgan fingerprint density at radius 1 is 0.903 bits per heavy atom. The van der Waals surface area contributed by atoms with E-state index in [0.717, 1.165) is 22.2 Å². The third-order valence-corrected chi connectivity index (χ3v) is 4.08. The average Bonchev–Trinajstić information content (AvgIpc) is 2.81. The third-order valence-electron chi connectivity index (χ3n) is 4.08. The summed E-state index contributed by atoms with van der Waals surface area (Å²) in [6.45, 7) is 5.73. The van der Waals surface area contributed by atoms with Crippen LogP contribution in [0.1, 0.15) is 19.4 Å². The molecule has 0 aliphatic rings. The van der Waals surface area contributed by atoms with E-state index in [1.165, 1.54) is 6.33 Å². The van der Waals surface area contributed by atoms with E-state index in [2.05, 4.69) is 21.2 Å². The number of methoxy groups -OCH3 is 2. The zero-order valence-corrected chi connectivity index (χ0v) is 18.5. The zero-order chi connectivity index (χ0) is 22.5. The van der Waals surface area contributed by atoms with Gasteiger partial charge in [0.2, 0.25) is 0 Å². The van der Waals surface area contributed by atoms with E-state index in [1.54, 1.807) is 14.2 Å². The van der Waals surface area contributed by atoms with Gasteiger partial charge >= 0.3 is 0 Å². The molecule has 0 spiro atoms. The van der Waals surface area contributed by atoms with Crippen LogP contribution in [0.15, 0.2) is 42.7 Å². The summed E-state index contributed by atoms with van der Waals surface area (Å²) in [7, 11) is 3.25. The molecule has 2 aromatic carbocycles. The van der Waals surface area contributed by atoms with Gasteiger partial charge in [0.1, 0.15) is 25.4 Å². The zero-order valence-electron chi connectivity index (χ0n) is 18.5. The summed E-state index contributed by atoms with van der Waals surface area (Å²) in [5, 5.41) is 4.10. The van der Waals surface area contributed by atoms with Crippen molar-refractivity contribution in [1.29, 1.82) is 0 Å². The largest absolute Gasteiger partial charge is 0.487 e. The molecule has 3 rings (SSSR count). The molecule has 0 saturated carbocycles. The van der Waals surface area contributed by atoms with Crippen molar-refractivity contribution in [2.75, 3.05) is 46.0 Å². The number of ether oxygens (including phenoxy) is 4. The summed E-state index contributed by atoms with van der Waals surface area (Å²) in [5.41, 5.74) is 2.34. The van der Waals surface area contributed by atoms with Crippen molar-refractivity contribution in [3.8, 4) is 23.8 Å². The van der Waals surface area contributed by atoms with E-state index in [-0.39, 0.29) is 0 Å². The molecular formula is C24H29N3O4. The average molecular weight is 424 g/mol. The number of terminal acetylenes is 1. The summed E-state index contributed by atoms with van der Waals surface area (Å²) >= 11 is 0. The third kappa shape index (κ3) is 6.85. The maximum atomic E-state index is 5.86. The molecular weight excluding hydrogens is 394 g/mol. The Kier molecular flexibility index (Phi) is 10.1. The van der Waals surface area contributed by atoms with Crippen LogP contribution in [0, 0.1) is 12.3 Å². The van der Waals surface area contributed by atoms with Crippen molar-refractivity contribution in [3.63, 3.8) is 0 Å². The highest BCUT2D eigenvalue weighted by atomic mass is 16.5. The quantitative estimate of drug-likeness (QED) is 0.382. The molecule has 0 atom stereocenters. The molecule has 0 radical (unpaired) electrons. The SMILES string of the molecule is C#Cc1cccc(Nc2ncnc3cc(OCCOC)c(OCCOC)cc23)c1.CC. The molecule has 1 aromatic heterocycles. The number of fused-ring (bicyclic) bond motifs is 1. The van der Waals surface area contributed by atoms with Gasteiger partial charge in [-0.3, -0.25) is 0 Å². The molecule has 1 N–H and O–H groups in total. The van der Waals surface area contributed by atoms with Crippen molar-refractivity contribution < 1.29 is 18.9 Å². The van der Waals surface area contributed by atoms with Crippen molar-refractivity contribution in [2.45, 2.75) is 13.8 Å². The first-order chi connectivity index (χ1) is 15.2. The highest BCUT2D eigenvalue weighted by molar-refractivity contribution is 5.93. The topological polar surface area (TPSA) is 74.7 Å². The minimum absolute atomic E-state index is 0.392. The number of anilines is 2. The Morgan fingerprint density at radius 2 is 1.58 bits per heavy atom. The first-order valence-corrected chi connectivity index (χ1v) is 10.1. The molecule has 0 amide bonds. The van der Waals surface area contributed by atoms with E-state index in [4.69, 9.17) is 25.4 Å². The van der Waals surface area contributed by atoms with Crippen molar-refractivity contribution >= 4 is 22.4 Å². The minimum Gasteiger partial charge on any atom is -0.487 e. The van der Waals surface area contributed by atoms with Crippen LogP contribution in [0.5, 0.6) is 11.5 Å². The van der Waals surface area contributed by atoms with Crippen LogP contribution in [0.4, 0.5) is 11.5 Å². The highest BCUT2D eigenvalue weighted by Gasteiger charge is 2.13. The van der Waals surface area contributed by atoms with Gasteiger partial charge < -0.3 is 24.3 Å². The van der Waals surface area contributed by atoms with Gasteiger partial charge in [0.25, 0.3) is 0 Å². The molecule has 0 fully saturated rings. The molecule has 0 unspecified atom stereocenters. The van der Waals surface area contributed by atoms with E-state index >= 15 is 0 Å². The molecule has 31 heavy (non-hydrogen) atoms. The van der Waals surface area contributed by atoms with Crippen LogP contribution in [-0.2, 0) is 9.47 Å². The molecule has 7 heteroatoms. The monoisotopic (exact) mass is 423 g/mol. The van der Waals surface area contributed by atoms with Gasteiger partial charge in [-0.1, -0.05) is 25.8 Å². The molecule has 0 aliphatic carbocycles. The molecule has 3 aromatic rings. The lowest BCUT2D eigenvalue weighted by atomic mass is 10.2. The Hall–Kier alpha value is -3.34. The number of nitrogens with one attached hydrogen (secondary N) is 1. The van der Waals surface area contributed by atoms with E-state index < -0.39 is 0 Å². The molecule has 0 saturated heterocycles. The van der Waals surface area contributed by atoms with Crippen molar-refractivity contribution in [1.82, 2.24) is 9.97 Å². The fraction of sp³-hybridized carbons (Fsp3) is 0.333. The van der Waals surface area contributed by atoms with Gasteiger partial charge in [0.15, 0.2) is 11.5 Å². The number of hydrogen-bond donors (Lipinski definition) is 1. The predicted octanol–water partition coefficient (Wildman–Crippen LogP) is 4.43. The fourth-order valence-electron chi connectivity index (χ4n) is 2.68. The second-order valence-corrected chi connectivity index (χ2v) is 6.07. The molecule has 7 nitrogen and oxygen atoms in total. The summed E-state index contributed by atoms with van der Waals surface area (Å²) in [5.74, 6) is 4.44. The molecule has 0 bridgehead atoms. The normalized spacial score (nSPS) is 10.0. The highest BCUT2D eigenvalue weighted by Crippen LogP contribution is 2.35. The first-order valence-electron chi connectivity index (χ1n) is 10.1. The number of benzene rings is 2. The van der Waals surface area contributed by atoms with Gasteiger partial charge in [0.05, 0.1) is 18.7 Å². The Bertz CT molecular complexity index is 1000. The van der Waals surface area contributed by atoms with Gasteiger partial charge in [0, 0.05) is 36.9 Å². The Morgan fingerprint density at radius 3 is 2.23 bits per heavy atom. The van der Waals surface area contributed by atoms with E-state index in [9.17, 15) is 0 Å². The van der Waals surface area contributed by atoms with Gasteiger partial charge in [-0.25, -0.2) is 9.97 Å². The summed E-state index contributed by atoms with van der Waals surface area (Å²) in [4.78, 5) is 8.75. The number of nitrogens with zero attached hydrogens (tertiary/aromatic N) is 2. The fourth-order valence-corrected chi connectivity index (χ4v) is 2.68. The molecule has 1 heterocycles. The molecule has 164 valence electrons. The van der Waals surface area contributed by atoms with E-state index in [1.807, 2.05) is 50.2 Å². The van der Waals surface area contributed by atoms with Crippen LogP contribution in [0.3, 0.4) is 0 Å². The maximum absolute atomic E-state index is 5.86. The summed E-state index contributed by atoms with van der Waals surface area (Å²) < 4.78 is 21.8. The summed E-state index contributed by atoms with van der Waals surface area (Å²) in [6, 6.07) is 11.3. The van der Waals surface area contributed by atoms with Crippen LogP contribution in [-0.4, -0.2) is 50.6 Å². The lowest BCUT2D eigenvalue weighted by Crippen LogP contribution is -2.09. The lowest BCUT2D eigenvalue weighted by Gasteiger charge is -2.15. The van der Waals surface area contributed by atoms with Gasteiger partial charge in [-0.15, -0.1) is 6.42 Å². The summed E-state index contributed by atoms with van der Waals surface area (Å²) in [6.07, 6.45) is 6.99. The smallest absolute Gasteiger partial charge is 0.163 e. The number of aromatic nitrogens is 2. The maximum Gasteiger partial charge on any atom is 0.163 e. The van der Waals surface area contributed by atoms with Crippen LogP contribution < -0.4 is 14.8 Å². The Balaban J connectivity index is 0.00000166. The Labute approximate surface area is 183 Å². The van der Waals surface area contributed by atoms with Crippen molar-refractivity contribution in [3.05, 3.63) is 48.3 Å². The lowest BCUT2D eigenvalue weighted by molar-refractivity contribution is 0.132. The first kappa shape index (κ1) is 23.9. The van der Waals surface area contributed by atoms with Crippen molar-refractivity contribution in [2.24, 2.45) is 0 Å². The van der Waals surface area contributed by atoms with Crippen LogP contribution in [0.2, 0.25) is 0 Å². The van der Waals surface area contributed by atoms with Gasteiger partial charge in [-0.05, 0) is 24.3 Å². The standard InChI is InChI=1S/C22H23N3O4.C2H6/c1-4-16-6-5-7-17(12-16)25-22-18-13-20(28-10-8-26-2)21(29-11-9-27-3)14-19(18)23-15-24-22;1-2/h1,5-7,12-15H,8-11H2,2-3H3,(H,23,24,25);1-2H3. The second-order valence-electron chi connectivity index (χ2n) is 6.07. The van der Waals surface area contributed by atoms with Crippen LogP contribution >= 0.6 is 0 Å². The number of hydrogen-bond acceptors (Lipinski definition) is 7.